The van der Waals surface area contributed by atoms with Gasteiger partial charge in [0.2, 0.25) is 5.65 Å². The first-order valence-corrected chi connectivity index (χ1v) is 9.31. The summed E-state index contributed by atoms with van der Waals surface area (Å²) < 4.78 is 29.4. The highest BCUT2D eigenvalue weighted by Gasteiger charge is 2.13. The van der Waals surface area contributed by atoms with Gasteiger partial charge in [-0.15, -0.1) is 10.2 Å². The normalized spacial score (nSPS) is 11.1. The van der Waals surface area contributed by atoms with Gasteiger partial charge < -0.3 is 0 Å². The van der Waals surface area contributed by atoms with Gasteiger partial charge in [-0.1, -0.05) is 48.7 Å². The van der Waals surface area contributed by atoms with Crippen LogP contribution in [0.2, 0.25) is 0 Å². The van der Waals surface area contributed by atoms with Crippen molar-refractivity contribution in [2.45, 2.75) is 10.9 Å². The Morgan fingerprint density at radius 1 is 1.04 bits per heavy atom. The lowest BCUT2D eigenvalue weighted by Gasteiger charge is -2.07. The number of aromatic nitrogens is 4. The summed E-state index contributed by atoms with van der Waals surface area (Å²) in [6.07, 6.45) is 4.89. The van der Waals surface area contributed by atoms with Crippen LogP contribution in [0.25, 0.3) is 17.4 Å². The summed E-state index contributed by atoms with van der Waals surface area (Å²) >= 11 is 1.44. The van der Waals surface area contributed by atoms with Crippen molar-refractivity contribution in [3.63, 3.8) is 0 Å². The van der Waals surface area contributed by atoms with Crippen LogP contribution in [0.15, 0.2) is 71.4 Å². The molecular weight excluding hydrogens is 382 g/mol. The first kappa shape index (κ1) is 18.1. The summed E-state index contributed by atoms with van der Waals surface area (Å²) in [7, 11) is 0. The zero-order valence-corrected chi connectivity index (χ0v) is 15.4. The Morgan fingerprint density at radius 3 is 2.54 bits per heavy atom. The second-order valence-electron chi connectivity index (χ2n) is 5.98. The van der Waals surface area contributed by atoms with Gasteiger partial charge in [-0.2, -0.15) is 0 Å². The molecule has 0 saturated carbocycles. The smallest absolute Gasteiger partial charge is 0.279 e. The lowest BCUT2D eigenvalue weighted by molar-refractivity contribution is 0.508. The number of thioether (sulfide) groups is 1. The van der Waals surface area contributed by atoms with E-state index in [1.807, 2.05) is 24.3 Å². The van der Waals surface area contributed by atoms with E-state index in [1.54, 1.807) is 16.7 Å². The third-order valence-electron chi connectivity index (χ3n) is 4.20. The van der Waals surface area contributed by atoms with E-state index in [9.17, 15) is 13.6 Å². The van der Waals surface area contributed by atoms with Crippen LogP contribution in [-0.2, 0) is 5.75 Å². The summed E-state index contributed by atoms with van der Waals surface area (Å²) in [6, 6.07) is 11.2. The maximum Gasteiger partial charge on any atom is 0.300 e. The molecule has 4 aromatic rings. The molecule has 0 bridgehead atoms. The molecule has 0 unspecified atom stereocenters. The topological polar surface area (TPSA) is 52.2 Å². The van der Waals surface area contributed by atoms with Crippen LogP contribution in [-0.4, -0.2) is 19.2 Å². The van der Waals surface area contributed by atoms with Gasteiger partial charge in [-0.3, -0.25) is 13.8 Å². The Balaban J connectivity index is 1.63. The van der Waals surface area contributed by atoms with Crippen molar-refractivity contribution < 1.29 is 8.78 Å². The molecule has 8 heteroatoms. The minimum Gasteiger partial charge on any atom is -0.279 e. The highest BCUT2D eigenvalue weighted by molar-refractivity contribution is 7.98. The maximum atomic E-state index is 13.5. The molecule has 0 aliphatic rings. The van der Waals surface area contributed by atoms with Gasteiger partial charge in [-0.05, 0) is 23.3 Å². The molecule has 140 valence electrons. The molecule has 0 spiro atoms. The summed E-state index contributed by atoms with van der Waals surface area (Å²) in [6.45, 7) is 3.73. The van der Waals surface area contributed by atoms with Crippen molar-refractivity contribution in [2.24, 2.45) is 0 Å². The van der Waals surface area contributed by atoms with Gasteiger partial charge in [0.25, 0.3) is 0 Å². The molecule has 0 saturated heterocycles. The summed E-state index contributed by atoms with van der Waals surface area (Å²) in [4.78, 5) is 12.7. The Hall–Kier alpha value is -3.26. The molecule has 0 atom stereocenters. The molecule has 2 heterocycles. The van der Waals surface area contributed by atoms with Crippen LogP contribution in [0.1, 0.15) is 11.1 Å². The van der Waals surface area contributed by atoms with Gasteiger partial charge in [-0.25, -0.2) is 8.78 Å². The average Bonchev–Trinajstić information content (AvgIpc) is 3.13. The molecule has 0 amide bonds. The third-order valence-corrected chi connectivity index (χ3v) is 5.22. The van der Waals surface area contributed by atoms with E-state index in [4.69, 9.17) is 0 Å². The standard InChI is InChI=1S/C20H14F2N4OS/c1-2-13-3-5-14(6-4-13)12-28-20-24-23-18-19(27)25(9-10-26(18)20)15-7-8-16(21)17(22)11-15/h2-11H,1,12H2. The number of halogens is 2. The lowest BCUT2D eigenvalue weighted by atomic mass is 10.1. The highest BCUT2D eigenvalue weighted by atomic mass is 32.2. The molecule has 0 aliphatic carbocycles. The molecule has 0 N–H and O–H groups in total. The maximum absolute atomic E-state index is 13.5. The van der Waals surface area contributed by atoms with Crippen molar-refractivity contribution in [1.29, 1.82) is 0 Å². The zero-order valence-electron chi connectivity index (χ0n) is 14.5. The predicted octanol–water partition coefficient (Wildman–Crippen LogP) is 4.09. The molecule has 5 nitrogen and oxygen atoms in total. The van der Waals surface area contributed by atoms with Crippen LogP contribution in [0.4, 0.5) is 8.78 Å². The first-order chi connectivity index (χ1) is 13.6. The number of hydrogen-bond donors (Lipinski definition) is 0. The van der Waals surface area contributed by atoms with Gasteiger partial charge in [0.05, 0.1) is 5.69 Å². The van der Waals surface area contributed by atoms with Crippen molar-refractivity contribution in [2.75, 3.05) is 0 Å². The van der Waals surface area contributed by atoms with Crippen molar-refractivity contribution in [3.05, 3.63) is 94.6 Å². The van der Waals surface area contributed by atoms with Crippen LogP contribution < -0.4 is 5.56 Å². The van der Waals surface area contributed by atoms with Crippen molar-refractivity contribution >= 4 is 23.5 Å². The second-order valence-corrected chi connectivity index (χ2v) is 6.92. The number of fused-ring (bicyclic) bond motifs is 1. The summed E-state index contributed by atoms with van der Waals surface area (Å²) in [5.41, 5.74) is 1.99. The third kappa shape index (κ3) is 3.34. The van der Waals surface area contributed by atoms with E-state index in [1.165, 1.54) is 28.6 Å². The molecule has 2 aromatic heterocycles. The Kier molecular flexibility index (Phi) is 4.79. The average molecular weight is 396 g/mol. The van der Waals surface area contributed by atoms with E-state index in [0.717, 1.165) is 23.3 Å². The summed E-state index contributed by atoms with van der Waals surface area (Å²) in [5, 5.41) is 8.61. The second kappa shape index (κ2) is 7.40. The van der Waals surface area contributed by atoms with Crippen LogP contribution >= 0.6 is 11.8 Å². The van der Waals surface area contributed by atoms with Crippen LogP contribution in [0.5, 0.6) is 0 Å². The van der Waals surface area contributed by atoms with E-state index >= 15 is 0 Å². The first-order valence-electron chi connectivity index (χ1n) is 8.33. The Bertz CT molecular complexity index is 1230. The Morgan fingerprint density at radius 2 is 1.82 bits per heavy atom. The molecule has 0 fully saturated rings. The van der Waals surface area contributed by atoms with Crippen molar-refractivity contribution in [3.8, 4) is 5.69 Å². The zero-order chi connectivity index (χ0) is 19.7. The number of benzene rings is 2. The van der Waals surface area contributed by atoms with Crippen LogP contribution in [0.3, 0.4) is 0 Å². The fraction of sp³-hybridized carbons (Fsp3) is 0.0500. The number of rotatable bonds is 5. The van der Waals surface area contributed by atoms with E-state index < -0.39 is 17.2 Å². The highest BCUT2D eigenvalue weighted by Crippen LogP contribution is 2.21. The number of hydrogen-bond acceptors (Lipinski definition) is 4. The molecule has 0 aliphatic heterocycles. The van der Waals surface area contributed by atoms with Gasteiger partial charge in [0.15, 0.2) is 16.8 Å². The quantitative estimate of drug-likeness (QED) is 0.477. The molecule has 4 rings (SSSR count). The van der Waals surface area contributed by atoms with Crippen molar-refractivity contribution in [1.82, 2.24) is 19.2 Å². The van der Waals surface area contributed by atoms with Gasteiger partial charge in [0, 0.05) is 24.2 Å². The van der Waals surface area contributed by atoms with Crippen LogP contribution in [0, 0.1) is 11.6 Å². The fourth-order valence-electron chi connectivity index (χ4n) is 2.70. The van der Waals surface area contributed by atoms with Gasteiger partial charge in [0.1, 0.15) is 0 Å². The van der Waals surface area contributed by atoms with E-state index in [-0.39, 0.29) is 11.3 Å². The minimum absolute atomic E-state index is 0.108. The monoisotopic (exact) mass is 396 g/mol. The summed E-state index contributed by atoms with van der Waals surface area (Å²) in [5.74, 6) is -1.34. The SMILES string of the molecule is C=Cc1ccc(CSc2nnc3c(=O)n(-c4ccc(F)c(F)c4)ccn23)cc1. The molecule has 0 radical (unpaired) electrons. The minimum atomic E-state index is -1.02. The number of nitrogens with zero attached hydrogens (tertiary/aromatic N) is 4. The molecule has 2 aromatic carbocycles. The molecular formula is C20H14F2N4OS. The predicted molar refractivity (Wildman–Crippen MR) is 105 cm³/mol. The van der Waals surface area contributed by atoms with Gasteiger partial charge >= 0.3 is 5.56 Å². The molecule has 28 heavy (non-hydrogen) atoms. The van der Waals surface area contributed by atoms with E-state index in [0.29, 0.717) is 10.9 Å². The fourth-order valence-corrected chi connectivity index (χ4v) is 3.57. The largest absolute Gasteiger partial charge is 0.300 e. The lowest BCUT2D eigenvalue weighted by Crippen LogP contribution is -2.20. The Labute approximate surface area is 163 Å². The van der Waals surface area contributed by atoms with E-state index in [2.05, 4.69) is 16.8 Å².